The second-order valence-electron chi connectivity index (χ2n) is 4.34. The SMILES string of the molecule is Cc1cc(Br)c(-c2ccc(C(=O)O)n2C)cc1[N+](=O)[O-]. The summed E-state index contributed by atoms with van der Waals surface area (Å²) in [6.45, 7) is 1.65. The zero-order valence-corrected chi connectivity index (χ0v) is 12.3. The van der Waals surface area contributed by atoms with Crippen molar-refractivity contribution in [3.63, 3.8) is 0 Å². The maximum absolute atomic E-state index is 11.0. The van der Waals surface area contributed by atoms with Gasteiger partial charge in [-0.1, -0.05) is 15.9 Å². The molecule has 2 aromatic rings. The summed E-state index contributed by atoms with van der Waals surface area (Å²) in [4.78, 5) is 21.6. The quantitative estimate of drug-likeness (QED) is 0.686. The highest BCUT2D eigenvalue weighted by Gasteiger charge is 2.19. The Kier molecular flexibility index (Phi) is 3.63. The van der Waals surface area contributed by atoms with Crippen LogP contribution in [0, 0.1) is 17.0 Å². The molecule has 0 aliphatic carbocycles. The third-order valence-corrected chi connectivity index (χ3v) is 3.76. The van der Waals surface area contributed by atoms with Crippen molar-refractivity contribution in [1.29, 1.82) is 0 Å². The Bertz CT molecular complexity index is 721. The number of rotatable bonds is 3. The largest absolute Gasteiger partial charge is 0.477 e. The third kappa shape index (κ3) is 2.32. The number of aromatic nitrogens is 1. The van der Waals surface area contributed by atoms with Gasteiger partial charge < -0.3 is 9.67 Å². The fourth-order valence-corrected chi connectivity index (χ4v) is 2.71. The van der Waals surface area contributed by atoms with Crippen LogP contribution in [-0.4, -0.2) is 20.6 Å². The van der Waals surface area contributed by atoms with E-state index in [9.17, 15) is 14.9 Å². The Hall–Kier alpha value is -2.15. The van der Waals surface area contributed by atoms with Crippen LogP contribution in [0.15, 0.2) is 28.7 Å². The summed E-state index contributed by atoms with van der Waals surface area (Å²) < 4.78 is 2.17. The predicted molar refractivity (Wildman–Crippen MR) is 76.9 cm³/mol. The van der Waals surface area contributed by atoms with Gasteiger partial charge in [-0.15, -0.1) is 0 Å². The molecule has 0 radical (unpaired) electrons. The van der Waals surface area contributed by atoms with E-state index in [1.54, 1.807) is 26.1 Å². The number of benzene rings is 1. The van der Waals surface area contributed by atoms with Gasteiger partial charge in [0.2, 0.25) is 0 Å². The fraction of sp³-hybridized carbons (Fsp3) is 0.154. The van der Waals surface area contributed by atoms with E-state index in [0.717, 1.165) is 0 Å². The highest BCUT2D eigenvalue weighted by molar-refractivity contribution is 9.10. The van der Waals surface area contributed by atoms with E-state index in [2.05, 4.69) is 15.9 Å². The topological polar surface area (TPSA) is 85.4 Å². The lowest BCUT2D eigenvalue weighted by Crippen LogP contribution is -2.05. The van der Waals surface area contributed by atoms with E-state index in [1.165, 1.54) is 16.7 Å². The van der Waals surface area contributed by atoms with Crippen LogP contribution in [0.4, 0.5) is 5.69 Å². The van der Waals surface area contributed by atoms with Gasteiger partial charge in [-0.2, -0.15) is 0 Å². The van der Waals surface area contributed by atoms with Gasteiger partial charge in [0.05, 0.1) is 4.92 Å². The zero-order valence-electron chi connectivity index (χ0n) is 10.8. The van der Waals surface area contributed by atoms with Crippen molar-refractivity contribution in [2.75, 3.05) is 0 Å². The molecule has 0 spiro atoms. The maximum Gasteiger partial charge on any atom is 0.352 e. The Balaban J connectivity index is 2.67. The van der Waals surface area contributed by atoms with Gasteiger partial charge in [0.1, 0.15) is 5.69 Å². The molecule has 7 heteroatoms. The van der Waals surface area contributed by atoms with Crippen molar-refractivity contribution in [2.45, 2.75) is 6.92 Å². The predicted octanol–water partition coefficient (Wildman–Crippen LogP) is 3.37. The smallest absolute Gasteiger partial charge is 0.352 e. The van der Waals surface area contributed by atoms with Crippen molar-refractivity contribution < 1.29 is 14.8 Å². The van der Waals surface area contributed by atoms with Crippen LogP contribution in [0.5, 0.6) is 0 Å². The minimum atomic E-state index is -1.04. The summed E-state index contributed by atoms with van der Waals surface area (Å²) in [5.41, 5.74) is 1.84. The average molecular weight is 339 g/mol. The number of nitrogens with zero attached hydrogens (tertiary/aromatic N) is 2. The molecule has 1 aromatic heterocycles. The van der Waals surface area contributed by atoms with Crippen LogP contribution in [0.3, 0.4) is 0 Å². The molecule has 0 aliphatic rings. The molecule has 20 heavy (non-hydrogen) atoms. The summed E-state index contributed by atoms with van der Waals surface area (Å²) in [7, 11) is 1.61. The van der Waals surface area contributed by atoms with Crippen LogP contribution in [-0.2, 0) is 7.05 Å². The van der Waals surface area contributed by atoms with Crippen molar-refractivity contribution in [3.05, 3.63) is 50.1 Å². The van der Waals surface area contributed by atoms with Crippen molar-refractivity contribution in [1.82, 2.24) is 4.57 Å². The van der Waals surface area contributed by atoms with Gasteiger partial charge >= 0.3 is 5.97 Å². The van der Waals surface area contributed by atoms with E-state index >= 15 is 0 Å². The number of aromatic carboxylic acids is 1. The number of halogens is 1. The zero-order chi connectivity index (χ0) is 15.0. The summed E-state index contributed by atoms with van der Waals surface area (Å²) in [5, 5.41) is 20.0. The molecule has 0 unspecified atom stereocenters. The van der Waals surface area contributed by atoms with Gasteiger partial charge in [0, 0.05) is 34.4 Å². The fourth-order valence-electron chi connectivity index (χ4n) is 2.05. The molecular weight excluding hydrogens is 328 g/mol. The van der Waals surface area contributed by atoms with Gasteiger partial charge in [0.25, 0.3) is 5.69 Å². The molecule has 1 aromatic carbocycles. The number of nitro groups is 1. The van der Waals surface area contributed by atoms with Crippen LogP contribution >= 0.6 is 15.9 Å². The molecule has 0 saturated heterocycles. The van der Waals surface area contributed by atoms with Gasteiger partial charge in [-0.05, 0) is 25.1 Å². The maximum atomic E-state index is 11.0. The lowest BCUT2D eigenvalue weighted by molar-refractivity contribution is -0.385. The van der Waals surface area contributed by atoms with Crippen LogP contribution < -0.4 is 0 Å². The molecular formula is C13H11BrN2O4. The summed E-state index contributed by atoms with van der Waals surface area (Å²) in [5.74, 6) is -1.04. The molecule has 1 heterocycles. The van der Waals surface area contributed by atoms with E-state index in [-0.39, 0.29) is 11.4 Å². The molecule has 6 nitrogen and oxygen atoms in total. The van der Waals surface area contributed by atoms with Crippen molar-refractivity contribution >= 4 is 27.6 Å². The number of hydrogen-bond acceptors (Lipinski definition) is 3. The van der Waals surface area contributed by atoms with E-state index < -0.39 is 10.9 Å². The van der Waals surface area contributed by atoms with E-state index in [4.69, 9.17) is 5.11 Å². The molecule has 2 rings (SSSR count). The number of aryl methyl sites for hydroxylation is 1. The summed E-state index contributed by atoms with van der Waals surface area (Å²) >= 11 is 3.36. The second kappa shape index (κ2) is 5.09. The standard InChI is InChI=1S/C13H11BrN2O4/c1-7-5-9(14)8(6-12(7)16(19)20)10-3-4-11(13(17)18)15(10)2/h3-6H,1-2H3,(H,17,18). The highest BCUT2D eigenvalue weighted by atomic mass is 79.9. The van der Waals surface area contributed by atoms with Gasteiger partial charge in [-0.3, -0.25) is 10.1 Å². The Labute approximate surface area is 122 Å². The summed E-state index contributed by atoms with van der Waals surface area (Å²) in [6, 6.07) is 6.19. The molecule has 0 atom stereocenters. The van der Waals surface area contributed by atoms with E-state index in [1.807, 2.05) is 0 Å². The summed E-state index contributed by atoms with van der Waals surface area (Å²) in [6.07, 6.45) is 0. The second-order valence-corrected chi connectivity index (χ2v) is 5.20. The Morgan fingerprint density at radius 3 is 2.55 bits per heavy atom. The van der Waals surface area contributed by atoms with Gasteiger partial charge in [0.15, 0.2) is 0 Å². The van der Waals surface area contributed by atoms with Crippen molar-refractivity contribution in [2.24, 2.45) is 7.05 Å². The molecule has 0 fully saturated rings. The first-order valence-corrected chi connectivity index (χ1v) is 6.46. The molecule has 0 bridgehead atoms. The molecule has 104 valence electrons. The molecule has 0 saturated carbocycles. The minimum Gasteiger partial charge on any atom is -0.477 e. The monoisotopic (exact) mass is 338 g/mol. The first-order valence-electron chi connectivity index (χ1n) is 5.67. The molecule has 1 N–H and O–H groups in total. The van der Waals surface area contributed by atoms with Crippen molar-refractivity contribution in [3.8, 4) is 11.3 Å². The number of carboxylic acids is 1. The normalized spacial score (nSPS) is 10.6. The number of carboxylic acid groups (broad SMARTS) is 1. The number of nitro benzene ring substituents is 1. The van der Waals surface area contributed by atoms with Gasteiger partial charge in [-0.25, -0.2) is 4.79 Å². The average Bonchev–Trinajstić information content (AvgIpc) is 2.71. The lowest BCUT2D eigenvalue weighted by atomic mass is 10.1. The van der Waals surface area contributed by atoms with E-state index in [0.29, 0.717) is 21.3 Å². The molecule has 0 amide bonds. The Morgan fingerprint density at radius 2 is 2.05 bits per heavy atom. The number of hydrogen-bond donors (Lipinski definition) is 1. The molecule has 0 aliphatic heterocycles. The van der Waals surface area contributed by atoms with Crippen LogP contribution in [0.25, 0.3) is 11.3 Å². The Morgan fingerprint density at radius 1 is 1.40 bits per heavy atom. The first kappa shape index (κ1) is 14.3. The lowest BCUT2D eigenvalue weighted by Gasteiger charge is -2.09. The first-order chi connectivity index (χ1) is 9.32. The van der Waals surface area contributed by atoms with Crippen LogP contribution in [0.2, 0.25) is 0 Å². The highest BCUT2D eigenvalue weighted by Crippen LogP contribution is 2.34. The third-order valence-electron chi connectivity index (χ3n) is 3.10. The number of carbonyl (C=O) groups is 1. The minimum absolute atomic E-state index is 0.00118. The van der Waals surface area contributed by atoms with Crippen LogP contribution in [0.1, 0.15) is 16.1 Å².